The summed E-state index contributed by atoms with van der Waals surface area (Å²) in [4.78, 5) is 20.2. The number of carbonyl (C=O) groups is 1. The summed E-state index contributed by atoms with van der Waals surface area (Å²) in [5.41, 5.74) is 2.29. The standard InChI is InChI=1S/C27H31ClF3N5O4S/c1-26(16-40-3)10-11-35(20-15-32-22-14-21(28)33-36(22)24(20)26)19-6-4-17(5-7-19)23(27(29,30)31)34(2)25(37)18-8-12-41(38,39)13-9-18/h4-7,14-15,18,23H,8-13,16H2,1-3H3/t23-,26-/m0/s1. The van der Waals surface area contributed by atoms with Crippen LogP contribution in [0.1, 0.15) is 43.5 Å². The van der Waals surface area contributed by atoms with Crippen molar-refractivity contribution in [3.63, 3.8) is 0 Å². The van der Waals surface area contributed by atoms with Gasteiger partial charge in [0.25, 0.3) is 0 Å². The van der Waals surface area contributed by atoms with E-state index in [0.717, 1.165) is 18.4 Å². The quantitative estimate of drug-likeness (QED) is 0.397. The number of sulfone groups is 1. The van der Waals surface area contributed by atoms with Crippen LogP contribution in [0, 0.1) is 5.92 Å². The highest BCUT2D eigenvalue weighted by Gasteiger charge is 2.47. The number of aromatic nitrogens is 3. The zero-order chi connectivity index (χ0) is 29.7. The summed E-state index contributed by atoms with van der Waals surface area (Å²) in [5.74, 6) is -1.87. The number of hydrogen-bond acceptors (Lipinski definition) is 7. The first-order valence-electron chi connectivity index (χ1n) is 13.2. The second-order valence-electron chi connectivity index (χ2n) is 11.0. The van der Waals surface area contributed by atoms with Crippen LogP contribution < -0.4 is 4.90 Å². The van der Waals surface area contributed by atoms with Gasteiger partial charge < -0.3 is 14.5 Å². The monoisotopic (exact) mass is 613 g/mol. The molecule has 1 saturated heterocycles. The number of rotatable bonds is 6. The van der Waals surface area contributed by atoms with E-state index in [2.05, 4.69) is 17.0 Å². The number of nitrogens with zero attached hydrogens (tertiary/aromatic N) is 5. The first-order chi connectivity index (χ1) is 19.2. The number of amides is 1. The third kappa shape index (κ3) is 5.63. The van der Waals surface area contributed by atoms with Gasteiger partial charge >= 0.3 is 6.18 Å². The summed E-state index contributed by atoms with van der Waals surface area (Å²) in [7, 11) is -0.505. The van der Waals surface area contributed by atoms with Gasteiger partial charge in [0, 0.05) is 43.8 Å². The Bertz CT molecular complexity index is 1550. The molecule has 0 bridgehead atoms. The largest absolute Gasteiger partial charge is 0.413 e. The van der Waals surface area contributed by atoms with Gasteiger partial charge in [-0.05, 0) is 37.0 Å². The number of carbonyl (C=O) groups excluding carboxylic acids is 1. The van der Waals surface area contributed by atoms with Gasteiger partial charge in [0.05, 0.1) is 35.7 Å². The zero-order valence-electron chi connectivity index (χ0n) is 22.9. The number of methoxy groups -OCH3 is 1. The van der Waals surface area contributed by atoms with E-state index in [4.69, 9.17) is 16.3 Å². The van der Waals surface area contributed by atoms with Crippen LogP contribution in [0.4, 0.5) is 24.5 Å². The van der Waals surface area contributed by atoms with Gasteiger partial charge in [-0.25, -0.2) is 17.9 Å². The number of halogens is 4. The minimum Gasteiger partial charge on any atom is -0.384 e. The summed E-state index contributed by atoms with van der Waals surface area (Å²) in [6.45, 7) is 3.04. The molecule has 0 spiro atoms. The van der Waals surface area contributed by atoms with Crippen molar-refractivity contribution in [1.29, 1.82) is 0 Å². The Morgan fingerprint density at radius 3 is 2.51 bits per heavy atom. The lowest BCUT2D eigenvalue weighted by atomic mass is 9.80. The molecule has 2 aromatic heterocycles. The second-order valence-corrected chi connectivity index (χ2v) is 13.7. The molecule has 4 heterocycles. The molecule has 41 heavy (non-hydrogen) atoms. The van der Waals surface area contributed by atoms with Crippen LogP contribution in [-0.2, 0) is 24.8 Å². The van der Waals surface area contributed by atoms with Gasteiger partial charge in [0.1, 0.15) is 9.84 Å². The molecule has 222 valence electrons. The molecule has 2 atom stereocenters. The molecule has 1 amide bonds. The van der Waals surface area contributed by atoms with Crippen molar-refractivity contribution in [1.82, 2.24) is 19.5 Å². The third-order valence-corrected chi connectivity index (χ3v) is 10.0. The van der Waals surface area contributed by atoms with E-state index in [1.54, 1.807) is 36.0 Å². The Hall–Kier alpha value is -2.90. The highest BCUT2D eigenvalue weighted by Crippen LogP contribution is 2.44. The molecular formula is C27H31ClF3N5O4S. The van der Waals surface area contributed by atoms with Crippen LogP contribution in [0.25, 0.3) is 5.65 Å². The molecule has 0 aliphatic carbocycles. The maximum absolute atomic E-state index is 14.3. The van der Waals surface area contributed by atoms with Crippen LogP contribution >= 0.6 is 11.6 Å². The first kappa shape index (κ1) is 29.6. The Balaban J connectivity index is 1.46. The fourth-order valence-corrected chi connectivity index (χ4v) is 7.67. The van der Waals surface area contributed by atoms with Gasteiger partial charge in [-0.15, -0.1) is 0 Å². The van der Waals surface area contributed by atoms with Gasteiger partial charge in [-0.1, -0.05) is 30.7 Å². The number of hydrogen-bond donors (Lipinski definition) is 0. The molecule has 5 rings (SSSR count). The average Bonchev–Trinajstić information content (AvgIpc) is 3.28. The van der Waals surface area contributed by atoms with Crippen molar-refractivity contribution in [2.75, 3.05) is 43.7 Å². The molecule has 1 fully saturated rings. The molecule has 0 unspecified atom stereocenters. The van der Waals surface area contributed by atoms with Crippen molar-refractivity contribution in [3.05, 3.63) is 52.9 Å². The predicted octanol–water partition coefficient (Wildman–Crippen LogP) is 4.72. The van der Waals surface area contributed by atoms with E-state index < -0.39 is 39.3 Å². The number of fused-ring (bicyclic) bond motifs is 3. The van der Waals surface area contributed by atoms with Gasteiger partial charge in [-0.2, -0.15) is 18.3 Å². The normalized spacial score (nSPS) is 22.0. The molecule has 2 aliphatic heterocycles. The summed E-state index contributed by atoms with van der Waals surface area (Å²) in [6, 6.07) is 5.44. The fraction of sp³-hybridized carbons (Fsp3) is 0.519. The lowest BCUT2D eigenvalue weighted by Crippen LogP contribution is -2.44. The maximum atomic E-state index is 14.3. The van der Waals surface area contributed by atoms with Crippen LogP contribution in [-0.4, -0.2) is 78.8 Å². The SMILES string of the molecule is COC[C@]1(C)CCN(c2ccc([C@H](N(C)C(=O)C3CCS(=O)(=O)CC3)C(F)(F)F)cc2)c2cnc3cc(Cl)nn3c21. The highest BCUT2D eigenvalue weighted by atomic mass is 35.5. The summed E-state index contributed by atoms with van der Waals surface area (Å²) >= 11 is 6.18. The van der Waals surface area contributed by atoms with Crippen LogP contribution in [0.5, 0.6) is 0 Å². The Labute approximate surface area is 241 Å². The van der Waals surface area contributed by atoms with E-state index in [1.807, 2.05) is 4.90 Å². The molecule has 0 N–H and O–H groups in total. The molecule has 1 aromatic carbocycles. The van der Waals surface area contributed by atoms with E-state index in [-0.39, 0.29) is 29.9 Å². The van der Waals surface area contributed by atoms with Gasteiger partial charge in [0.2, 0.25) is 5.91 Å². The molecule has 2 aliphatic rings. The van der Waals surface area contributed by atoms with E-state index in [9.17, 15) is 26.4 Å². The van der Waals surface area contributed by atoms with Crippen molar-refractivity contribution in [2.45, 2.75) is 43.8 Å². The van der Waals surface area contributed by atoms with Crippen LogP contribution in [0.3, 0.4) is 0 Å². The summed E-state index contributed by atoms with van der Waals surface area (Å²) < 4.78 is 73.7. The van der Waals surface area contributed by atoms with E-state index >= 15 is 0 Å². The third-order valence-electron chi connectivity index (χ3n) is 8.12. The smallest absolute Gasteiger partial charge is 0.384 e. The number of anilines is 2. The Kier molecular flexibility index (Phi) is 7.75. The second kappa shape index (κ2) is 10.7. The average molecular weight is 614 g/mol. The topological polar surface area (TPSA) is 97.1 Å². The Morgan fingerprint density at radius 1 is 1.24 bits per heavy atom. The highest BCUT2D eigenvalue weighted by molar-refractivity contribution is 7.91. The van der Waals surface area contributed by atoms with Crippen molar-refractivity contribution in [2.24, 2.45) is 5.92 Å². The van der Waals surface area contributed by atoms with Gasteiger partial charge in [-0.3, -0.25) is 4.79 Å². The molecule has 3 aromatic rings. The first-order valence-corrected chi connectivity index (χ1v) is 15.4. The molecular weight excluding hydrogens is 583 g/mol. The predicted molar refractivity (Wildman–Crippen MR) is 148 cm³/mol. The number of benzene rings is 1. The maximum Gasteiger partial charge on any atom is 0.413 e. The molecule has 0 radical (unpaired) electrons. The van der Waals surface area contributed by atoms with Gasteiger partial charge in [0.15, 0.2) is 16.8 Å². The van der Waals surface area contributed by atoms with Crippen LogP contribution in [0.2, 0.25) is 5.15 Å². The minimum absolute atomic E-state index is 0.0220. The molecule has 14 heteroatoms. The van der Waals surface area contributed by atoms with Crippen molar-refractivity contribution < 1.29 is 31.1 Å². The van der Waals surface area contributed by atoms with Crippen LogP contribution in [0.15, 0.2) is 36.5 Å². The summed E-state index contributed by atoms with van der Waals surface area (Å²) in [6.07, 6.45) is -2.31. The number of ether oxygens (including phenoxy) is 1. The van der Waals surface area contributed by atoms with E-state index in [1.165, 1.54) is 12.1 Å². The minimum atomic E-state index is -4.73. The fourth-order valence-electron chi connectivity index (χ4n) is 6.00. The lowest BCUT2D eigenvalue weighted by molar-refractivity contribution is -0.190. The van der Waals surface area contributed by atoms with Crippen molar-refractivity contribution >= 4 is 44.4 Å². The zero-order valence-corrected chi connectivity index (χ0v) is 24.4. The van der Waals surface area contributed by atoms with Crippen molar-refractivity contribution in [3.8, 4) is 0 Å². The molecule has 0 saturated carbocycles. The summed E-state index contributed by atoms with van der Waals surface area (Å²) in [5, 5.41) is 4.71. The molecule has 9 nitrogen and oxygen atoms in total. The number of alkyl halides is 3. The lowest BCUT2D eigenvalue weighted by Gasteiger charge is -2.41. The van der Waals surface area contributed by atoms with E-state index in [0.29, 0.717) is 41.0 Å². The Morgan fingerprint density at radius 2 is 1.90 bits per heavy atom.